The van der Waals surface area contributed by atoms with Crippen molar-refractivity contribution in [1.82, 2.24) is 9.38 Å². The molecule has 0 aliphatic heterocycles. The summed E-state index contributed by atoms with van der Waals surface area (Å²) >= 11 is 0. The molecule has 25 heavy (non-hydrogen) atoms. The van der Waals surface area contributed by atoms with Crippen LogP contribution in [0.2, 0.25) is 0 Å². The molecule has 128 valence electrons. The molecule has 7 heteroatoms. The summed E-state index contributed by atoms with van der Waals surface area (Å²) in [6.45, 7) is 2.50. The van der Waals surface area contributed by atoms with Gasteiger partial charge in [-0.15, -0.1) is 0 Å². The van der Waals surface area contributed by atoms with Crippen molar-refractivity contribution in [2.45, 2.75) is 19.9 Å². The Labute approximate surface area is 144 Å². The number of rotatable bonds is 5. The smallest absolute Gasteiger partial charge is 0.349 e. The fourth-order valence-corrected chi connectivity index (χ4v) is 2.72. The number of nitro groups is 1. The predicted molar refractivity (Wildman–Crippen MR) is 96.0 cm³/mol. The highest BCUT2D eigenvalue weighted by atomic mass is 16.6. The quantitative estimate of drug-likeness (QED) is 0.528. The molecule has 7 nitrogen and oxygen atoms in total. The Morgan fingerprint density at radius 3 is 2.48 bits per heavy atom. The lowest BCUT2D eigenvalue weighted by Gasteiger charge is -2.18. The topological polar surface area (TPSA) is 80.8 Å². The molecule has 0 bridgehead atoms. The van der Waals surface area contributed by atoms with Gasteiger partial charge in [0, 0.05) is 19.8 Å². The van der Waals surface area contributed by atoms with E-state index in [9.17, 15) is 14.9 Å². The molecule has 2 heterocycles. The van der Waals surface area contributed by atoms with E-state index in [0.29, 0.717) is 12.2 Å². The van der Waals surface area contributed by atoms with Gasteiger partial charge in [-0.1, -0.05) is 37.3 Å². The Morgan fingerprint density at radius 2 is 1.84 bits per heavy atom. The van der Waals surface area contributed by atoms with Crippen LogP contribution in [0.3, 0.4) is 0 Å². The molecule has 2 aromatic heterocycles. The molecule has 0 radical (unpaired) electrons. The summed E-state index contributed by atoms with van der Waals surface area (Å²) in [4.78, 5) is 29.2. The van der Waals surface area contributed by atoms with E-state index in [1.54, 1.807) is 30.1 Å². The third kappa shape index (κ3) is 3.21. The molecule has 0 unspecified atom stereocenters. The van der Waals surface area contributed by atoms with Gasteiger partial charge in [-0.05, 0) is 29.7 Å². The van der Waals surface area contributed by atoms with E-state index in [4.69, 9.17) is 0 Å². The Morgan fingerprint density at radius 1 is 1.16 bits per heavy atom. The van der Waals surface area contributed by atoms with E-state index in [1.165, 1.54) is 16.2 Å². The van der Waals surface area contributed by atoms with Crippen LogP contribution in [0.4, 0.5) is 11.5 Å². The first kappa shape index (κ1) is 16.6. The number of aryl methyl sites for hydroxylation is 1. The molecule has 0 N–H and O–H groups in total. The normalized spacial score (nSPS) is 10.8. The van der Waals surface area contributed by atoms with Crippen LogP contribution in [0, 0.1) is 10.1 Å². The molecule has 0 aliphatic carbocycles. The van der Waals surface area contributed by atoms with Gasteiger partial charge < -0.3 is 4.90 Å². The fourth-order valence-electron chi connectivity index (χ4n) is 2.72. The highest BCUT2D eigenvalue weighted by Crippen LogP contribution is 2.23. The first-order valence-corrected chi connectivity index (χ1v) is 7.96. The van der Waals surface area contributed by atoms with Crippen molar-refractivity contribution < 1.29 is 4.92 Å². The second kappa shape index (κ2) is 6.72. The third-order valence-electron chi connectivity index (χ3n) is 4.09. The molecular formula is C18H18N4O3. The van der Waals surface area contributed by atoms with E-state index in [1.807, 2.05) is 24.3 Å². The maximum atomic E-state index is 12.5. The van der Waals surface area contributed by atoms with Crippen molar-refractivity contribution in [3.05, 3.63) is 80.3 Å². The van der Waals surface area contributed by atoms with E-state index >= 15 is 0 Å². The Balaban J connectivity index is 2.05. The fraction of sp³-hybridized carbons (Fsp3) is 0.222. The van der Waals surface area contributed by atoms with E-state index in [2.05, 4.69) is 11.9 Å². The summed E-state index contributed by atoms with van der Waals surface area (Å²) in [5.74, 6) is 0.0702. The first-order valence-electron chi connectivity index (χ1n) is 7.96. The van der Waals surface area contributed by atoms with Gasteiger partial charge >= 0.3 is 11.2 Å². The lowest BCUT2D eigenvalue weighted by atomic mass is 10.1. The van der Waals surface area contributed by atoms with Crippen LogP contribution in [-0.2, 0) is 13.0 Å². The number of aromatic nitrogens is 2. The Kier molecular flexibility index (Phi) is 4.47. The Hall–Kier alpha value is -3.22. The van der Waals surface area contributed by atoms with Gasteiger partial charge in [0.05, 0.1) is 4.92 Å². The first-order chi connectivity index (χ1) is 12.0. The van der Waals surface area contributed by atoms with Gasteiger partial charge in [0.25, 0.3) is 0 Å². The summed E-state index contributed by atoms with van der Waals surface area (Å²) in [7, 11) is 1.70. The molecule has 1 aromatic carbocycles. The molecule has 0 aliphatic rings. The largest absolute Gasteiger partial charge is 0.376 e. The maximum absolute atomic E-state index is 12.5. The van der Waals surface area contributed by atoms with E-state index < -0.39 is 16.2 Å². The van der Waals surface area contributed by atoms with Gasteiger partial charge in [0.2, 0.25) is 5.82 Å². The van der Waals surface area contributed by atoms with Crippen LogP contribution in [0.1, 0.15) is 18.1 Å². The molecule has 3 aromatic rings. The van der Waals surface area contributed by atoms with Gasteiger partial charge in [0.15, 0.2) is 0 Å². The summed E-state index contributed by atoms with van der Waals surface area (Å²) in [6.07, 6.45) is 2.43. The monoisotopic (exact) mass is 338 g/mol. The van der Waals surface area contributed by atoms with Crippen LogP contribution < -0.4 is 10.5 Å². The van der Waals surface area contributed by atoms with Crippen LogP contribution in [0.15, 0.2) is 53.5 Å². The predicted octanol–water partition coefficient (Wildman–Crippen LogP) is 2.80. The van der Waals surface area contributed by atoms with Crippen LogP contribution in [-0.4, -0.2) is 21.4 Å². The zero-order valence-electron chi connectivity index (χ0n) is 14.0. The van der Waals surface area contributed by atoms with E-state index in [-0.39, 0.29) is 5.82 Å². The summed E-state index contributed by atoms with van der Waals surface area (Å²) in [5.41, 5.74) is 1.39. The zero-order chi connectivity index (χ0) is 18.0. The Bertz CT molecular complexity index is 980. The minimum absolute atomic E-state index is 0.0702. The van der Waals surface area contributed by atoms with Crippen molar-refractivity contribution in [3.63, 3.8) is 0 Å². The molecule has 0 atom stereocenters. The lowest BCUT2D eigenvalue weighted by Crippen LogP contribution is -2.26. The van der Waals surface area contributed by atoms with Crippen molar-refractivity contribution in [2.24, 2.45) is 0 Å². The highest BCUT2D eigenvalue weighted by Gasteiger charge is 2.26. The van der Waals surface area contributed by atoms with Crippen molar-refractivity contribution in [3.8, 4) is 0 Å². The standard InChI is InChI=1S/C18H18N4O3/c1-3-13-7-9-14(10-8-13)12-20(2)17-16(22(24)25)18(23)21-11-5-4-6-15(21)19-17/h4-11H,3,12H2,1-2H3. The summed E-state index contributed by atoms with van der Waals surface area (Å²) in [6, 6.07) is 13.0. The summed E-state index contributed by atoms with van der Waals surface area (Å²) in [5, 5.41) is 11.5. The molecule has 0 saturated carbocycles. The minimum Gasteiger partial charge on any atom is -0.349 e. The third-order valence-corrected chi connectivity index (χ3v) is 4.09. The van der Waals surface area contributed by atoms with Crippen LogP contribution >= 0.6 is 0 Å². The maximum Gasteiger partial charge on any atom is 0.376 e. The van der Waals surface area contributed by atoms with Crippen LogP contribution in [0.5, 0.6) is 0 Å². The summed E-state index contributed by atoms with van der Waals surface area (Å²) < 4.78 is 1.19. The molecule has 0 spiro atoms. The average Bonchev–Trinajstić information content (AvgIpc) is 2.62. The number of hydrogen-bond acceptors (Lipinski definition) is 5. The highest BCUT2D eigenvalue weighted by molar-refractivity contribution is 5.61. The number of hydrogen-bond donors (Lipinski definition) is 0. The minimum atomic E-state index is -0.682. The number of fused-ring (bicyclic) bond motifs is 1. The molecular weight excluding hydrogens is 320 g/mol. The van der Waals surface area contributed by atoms with Crippen molar-refractivity contribution in [1.29, 1.82) is 0 Å². The molecule has 0 amide bonds. The zero-order valence-corrected chi connectivity index (χ0v) is 14.0. The average molecular weight is 338 g/mol. The van der Waals surface area contributed by atoms with Gasteiger partial charge in [-0.2, -0.15) is 0 Å². The molecule has 0 saturated heterocycles. The number of anilines is 1. The number of nitrogens with zero attached hydrogens (tertiary/aromatic N) is 4. The SMILES string of the molecule is CCc1ccc(CN(C)c2nc3ccccn3c(=O)c2[N+](=O)[O-])cc1. The lowest BCUT2D eigenvalue weighted by molar-refractivity contribution is -0.385. The van der Waals surface area contributed by atoms with Gasteiger partial charge in [0.1, 0.15) is 5.65 Å². The number of benzene rings is 1. The van der Waals surface area contributed by atoms with Crippen LogP contribution in [0.25, 0.3) is 5.65 Å². The van der Waals surface area contributed by atoms with Crippen molar-refractivity contribution in [2.75, 3.05) is 11.9 Å². The second-order valence-electron chi connectivity index (χ2n) is 5.80. The van der Waals surface area contributed by atoms with Gasteiger partial charge in [-0.3, -0.25) is 19.3 Å². The second-order valence-corrected chi connectivity index (χ2v) is 5.80. The molecule has 0 fully saturated rings. The van der Waals surface area contributed by atoms with Gasteiger partial charge in [-0.25, -0.2) is 4.98 Å². The van der Waals surface area contributed by atoms with E-state index in [0.717, 1.165) is 12.0 Å². The number of pyridine rings is 1. The molecule has 3 rings (SSSR count). The van der Waals surface area contributed by atoms with Crippen molar-refractivity contribution >= 4 is 17.2 Å².